The molecule has 0 aliphatic carbocycles. The lowest BCUT2D eigenvalue weighted by molar-refractivity contribution is 0.184. The molecular formula is C20H18N2O2. The number of aliphatic hydroxyl groups excluding tert-OH is 1. The van der Waals surface area contributed by atoms with E-state index in [-0.39, 0.29) is 5.75 Å². The summed E-state index contributed by atoms with van der Waals surface area (Å²) >= 11 is 0. The van der Waals surface area contributed by atoms with Crippen molar-refractivity contribution in [3.8, 4) is 28.7 Å². The third-order valence-corrected chi connectivity index (χ3v) is 3.69. The van der Waals surface area contributed by atoms with Crippen molar-refractivity contribution in [3.05, 3.63) is 72.3 Å². The van der Waals surface area contributed by atoms with E-state index in [4.69, 9.17) is 0 Å². The number of benzene rings is 2. The number of phenols is 1. The average molecular weight is 318 g/mol. The summed E-state index contributed by atoms with van der Waals surface area (Å²) in [5.41, 5.74) is 3.05. The van der Waals surface area contributed by atoms with Gasteiger partial charge in [-0.25, -0.2) is 4.98 Å². The second-order valence-corrected chi connectivity index (χ2v) is 5.52. The van der Waals surface area contributed by atoms with Crippen LogP contribution in [0.15, 0.2) is 60.9 Å². The van der Waals surface area contributed by atoms with Crippen LogP contribution in [0.3, 0.4) is 0 Å². The molecule has 120 valence electrons. The Morgan fingerprint density at radius 3 is 2.29 bits per heavy atom. The zero-order valence-corrected chi connectivity index (χ0v) is 13.3. The number of aromatic hydroxyl groups is 1. The van der Waals surface area contributed by atoms with Crippen LogP contribution in [0, 0.1) is 11.8 Å². The number of nitrogens with zero attached hydrogens (tertiary/aromatic N) is 2. The van der Waals surface area contributed by atoms with Crippen LogP contribution in [-0.4, -0.2) is 19.8 Å². The van der Waals surface area contributed by atoms with E-state index < -0.39 is 6.10 Å². The molecule has 1 unspecified atom stereocenters. The molecule has 0 saturated carbocycles. The van der Waals surface area contributed by atoms with E-state index >= 15 is 0 Å². The van der Waals surface area contributed by atoms with Crippen molar-refractivity contribution < 1.29 is 10.2 Å². The van der Waals surface area contributed by atoms with Crippen molar-refractivity contribution >= 4 is 0 Å². The van der Waals surface area contributed by atoms with Gasteiger partial charge < -0.3 is 14.8 Å². The molecule has 24 heavy (non-hydrogen) atoms. The van der Waals surface area contributed by atoms with Crippen molar-refractivity contribution in [2.24, 2.45) is 0 Å². The highest BCUT2D eigenvalue weighted by Crippen LogP contribution is 2.22. The second-order valence-electron chi connectivity index (χ2n) is 5.52. The molecule has 4 heteroatoms. The Labute approximate surface area is 141 Å². The first-order valence-electron chi connectivity index (χ1n) is 7.71. The molecule has 0 amide bonds. The Hall–Kier alpha value is -3.03. The summed E-state index contributed by atoms with van der Waals surface area (Å²) in [7, 11) is 0. The summed E-state index contributed by atoms with van der Waals surface area (Å²) in [6.07, 6.45) is 2.87. The molecule has 0 aliphatic heterocycles. The zero-order chi connectivity index (χ0) is 16.9. The minimum atomic E-state index is -0.605. The summed E-state index contributed by atoms with van der Waals surface area (Å²) in [6.45, 7) is 2.17. The van der Waals surface area contributed by atoms with E-state index in [0.29, 0.717) is 12.4 Å². The van der Waals surface area contributed by atoms with Crippen molar-refractivity contribution in [3.63, 3.8) is 0 Å². The van der Waals surface area contributed by atoms with Gasteiger partial charge in [-0.1, -0.05) is 36.1 Å². The number of hydrogen-bond acceptors (Lipinski definition) is 3. The van der Waals surface area contributed by atoms with Crippen molar-refractivity contribution in [1.82, 2.24) is 9.55 Å². The third-order valence-electron chi connectivity index (χ3n) is 3.69. The van der Waals surface area contributed by atoms with Gasteiger partial charge in [-0.3, -0.25) is 0 Å². The highest BCUT2D eigenvalue weighted by molar-refractivity contribution is 5.65. The predicted octanol–water partition coefficient (Wildman–Crippen LogP) is 3.36. The fourth-order valence-corrected chi connectivity index (χ4v) is 2.45. The maximum absolute atomic E-state index is 9.62. The highest BCUT2D eigenvalue weighted by Gasteiger charge is 2.06. The first kappa shape index (κ1) is 15.9. The van der Waals surface area contributed by atoms with Gasteiger partial charge >= 0.3 is 0 Å². The summed E-state index contributed by atoms with van der Waals surface area (Å²) < 4.78 is 1.84. The van der Waals surface area contributed by atoms with Crippen molar-refractivity contribution in [1.29, 1.82) is 0 Å². The van der Waals surface area contributed by atoms with E-state index in [1.807, 2.05) is 47.2 Å². The SMILES string of the molecule is CC(O)c1nccn1CC#Cc1ccc(-c2ccc(O)cc2)cc1. The molecule has 1 atom stereocenters. The van der Waals surface area contributed by atoms with E-state index in [2.05, 4.69) is 16.8 Å². The van der Waals surface area contributed by atoms with Gasteiger partial charge in [-0.2, -0.15) is 0 Å². The van der Waals surface area contributed by atoms with E-state index in [0.717, 1.165) is 16.7 Å². The average Bonchev–Trinajstić information content (AvgIpc) is 3.05. The van der Waals surface area contributed by atoms with Gasteiger partial charge in [0.1, 0.15) is 17.7 Å². The number of imidazole rings is 1. The molecule has 0 spiro atoms. The Kier molecular flexibility index (Phi) is 4.64. The minimum Gasteiger partial charge on any atom is -0.508 e. The number of hydrogen-bond donors (Lipinski definition) is 2. The van der Waals surface area contributed by atoms with E-state index in [1.165, 1.54) is 0 Å². The van der Waals surface area contributed by atoms with E-state index in [1.54, 1.807) is 25.3 Å². The minimum absolute atomic E-state index is 0.261. The lowest BCUT2D eigenvalue weighted by atomic mass is 10.0. The van der Waals surface area contributed by atoms with Crippen molar-refractivity contribution in [2.75, 3.05) is 0 Å². The van der Waals surface area contributed by atoms with Gasteiger partial charge in [0.15, 0.2) is 0 Å². The fraction of sp³-hybridized carbons (Fsp3) is 0.150. The monoisotopic (exact) mass is 318 g/mol. The Morgan fingerprint density at radius 2 is 1.67 bits per heavy atom. The second kappa shape index (κ2) is 7.03. The summed E-state index contributed by atoms with van der Waals surface area (Å²) in [5, 5.41) is 19.0. The number of phenolic OH excluding ortho intramolecular Hbond substituents is 1. The van der Waals surface area contributed by atoms with Gasteiger partial charge in [-0.15, -0.1) is 0 Å². The fourth-order valence-electron chi connectivity index (χ4n) is 2.45. The maximum Gasteiger partial charge on any atom is 0.138 e. The first-order valence-corrected chi connectivity index (χ1v) is 7.71. The predicted molar refractivity (Wildman–Crippen MR) is 93.3 cm³/mol. The van der Waals surface area contributed by atoms with Crippen molar-refractivity contribution in [2.45, 2.75) is 19.6 Å². The molecule has 2 aromatic carbocycles. The van der Waals surface area contributed by atoms with Crippen LogP contribution in [-0.2, 0) is 6.54 Å². The molecule has 3 aromatic rings. The van der Waals surface area contributed by atoms with Crippen LogP contribution < -0.4 is 0 Å². The smallest absolute Gasteiger partial charge is 0.138 e. The largest absolute Gasteiger partial charge is 0.508 e. The highest BCUT2D eigenvalue weighted by atomic mass is 16.3. The summed E-state index contributed by atoms with van der Waals surface area (Å²) in [6, 6.07) is 15.1. The summed E-state index contributed by atoms with van der Waals surface area (Å²) in [5.74, 6) is 7.09. The Bertz CT molecular complexity index is 866. The number of aliphatic hydroxyl groups is 1. The molecule has 1 heterocycles. The molecule has 0 bridgehead atoms. The molecule has 0 aliphatic rings. The molecule has 2 N–H and O–H groups in total. The van der Waals surface area contributed by atoms with Gasteiger partial charge in [0.05, 0.1) is 6.54 Å². The zero-order valence-electron chi connectivity index (χ0n) is 13.3. The molecule has 1 aromatic heterocycles. The van der Waals surface area contributed by atoms with Gasteiger partial charge in [-0.05, 0) is 42.3 Å². The maximum atomic E-state index is 9.62. The lowest BCUT2D eigenvalue weighted by Crippen LogP contribution is -2.05. The van der Waals surface area contributed by atoms with Gasteiger partial charge in [0.2, 0.25) is 0 Å². The van der Waals surface area contributed by atoms with Gasteiger partial charge in [0.25, 0.3) is 0 Å². The number of rotatable bonds is 3. The Balaban J connectivity index is 1.71. The van der Waals surface area contributed by atoms with Crippen LogP contribution in [0.4, 0.5) is 0 Å². The number of aromatic nitrogens is 2. The summed E-state index contributed by atoms with van der Waals surface area (Å²) in [4.78, 5) is 4.12. The Morgan fingerprint density at radius 1 is 1.04 bits per heavy atom. The molecule has 0 fully saturated rings. The van der Waals surface area contributed by atoms with Crippen LogP contribution in [0.25, 0.3) is 11.1 Å². The lowest BCUT2D eigenvalue weighted by Gasteiger charge is -2.05. The van der Waals surface area contributed by atoms with Crippen LogP contribution >= 0.6 is 0 Å². The standard InChI is InChI=1S/C20H18N2O2/c1-15(23)20-21-12-14-22(20)13-2-3-16-4-6-17(7-5-16)18-8-10-19(24)11-9-18/h4-12,14-15,23-24H,13H2,1H3. The molecule has 0 saturated heterocycles. The molecule has 0 radical (unpaired) electrons. The van der Waals surface area contributed by atoms with Gasteiger partial charge in [0, 0.05) is 18.0 Å². The molecular weight excluding hydrogens is 300 g/mol. The molecule has 3 rings (SSSR count). The van der Waals surface area contributed by atoms with Crippen LogP contribution in [0.2, 0.25) is 0 Å². The normalized spacial score (nSPS) is 11.6. The first-order chi connectivity index (χ1) is 11.6. The molecule has 4 nitrogen and oxygen atoms in total. The quantitative estimate of drug-likeness (QED) is 0.728. The van der Waals surface area contributed by atoms with E-state index in [9.17, 15) is 10.2 Å². The topological polar surface area (TPSA) is 58.3 Å². The van der Waals surface area contributed by atoms with Crippen LogP contribution in [0.1, 0.15) is 24.4 Å². The van der Waals surface area contributed by atoms with Crippen LogP contribution in [0.5, 0.6) is 5.75 Å². The third kappa shape index (κ3) is 3.65.